The number of hydrogen-bond acceptors (Lipinski definition) is 6. The summed E-state index contributed by atoms with van der Waals surface area (Å²) in [5.74, 6) is 0.964. The van der Waals surface area contributed by atoms with Crippen molar-refractivity contribution in [2.75, 3.05) is 50.6 Å². The first kappa shape index (κ1) is 16.2. The molecule has 0 radical (unpaired) electrons. The van der Waals surface area contributed by atoms with E-state index in [2.05, 4.69) is 32.1 Å². The van der Waals surface area contributed by atoms with Gasteiger partial charge in [-0.25, -0.2) is 9.97 Å². The van der Waals surface area contributed by atoms with E-state index in [0.717, 1.165) is 32.0 Å². The molecule has 1 fully saturated rings. The van der Waals surface area contributed by atoms with Crippen LogP contribution < -0.4 is 15.0 Å². The van der Waals surface area contributed by atoms with Crippen molar-refractivity contribution in [2.24, 2.45) is 0 Å². The van der Waals surface area contributed by atoms with Crippen LogP contribution in [0.25, 0.3) is 0 Å². The van der Waals surface area contributed by atoms with E-state index in [1.54, 1.807) is 24.5 Å². The number of carbonyl (C=O) groups is 1. The van der Waals surface area contributed by atoms with E-state index in [0.29, 0.717) is 17.1 Å². The highest BCUT2D eigenvalue weighted by molar-refractivity contribution is 6.05. The van der Waals surface area contributed by atoms with Crippen molar-refractivity contribution in [3.8, 4) is 5.88 Å². The summed E-state index contributed by atoms with van der Waals surface area (Å²) in [7, 11) is 3.61. The number of methoxy groups -OCH3 is 1. The first-order valence-corrected chi connectivity index (χ1v) is 7.87. The zero-order valence-electron chi connectivity index (χ0n) is 13.9. The summed E-state index contributed by atoms with van der Waals surface area (Å²) in [5.41, 5.74) is 1.03. The Morgan fingerprint density at radius 1 is 1.17 bits per heavy atom. The third-order valence-corrected chi connectivity index (χ3v) is 4.04. The summed E-state index contributed by atoms with van der Waals surface area (Å²) in [6, 6.07) is 7.17. The van der Waals surface area contributed by atoms with Crippen LogP contribution >= 0.6 is 0 Å². The van der Waals surface area contributed by atoms with E-state index in [1.807, 2.05) is 12.1 Å². The lowest BCUT2D eigenvalue weighted by Gasteiger charge is -2.33. The molecule has 1 saturated heterocycles. The van der Waals surface area contributed by atoms with Crippen LogP contribution in [0, 0.1) is 0 Å². The van der Waals surface area contributed by atoms with Crippen LogP contribution in [-0.2, 0) is 0 Å². The molecule has 0 atom stereocenters. The molecule has 2 aromatic rings. The number of piperazine rings is 1. The van der Waals surface area contributed by atoms with Crippen molar-refractivity contribution in [1.82, 2.24) is 14.9 Å². The number of nitrogens with zero attached hydrogens (tertiary/aromatic N) is 4. The molecular formula is C17H21N5O2. The molecule has 3 heterocycles. The first-order valence-electron chi connectivity index (χ1n) is 7.87. The smallest absolute Gasteiger partial charge is 0.261 e. The van der Waals surface area contributed by atoms with Crippen molar-refractivity contribution in [2.45, 2.75) is 0 Å². The molecule has 7 nitrogen and oxygen atoms in total. The number of aromatic nitrogens is 2. The SMILES string of the molecule is COc1ncccc1C(=O)Nc1ccc(N2CCN(C)CC2)nc1. The molecule has 24 heavy (non-hydrogen) atoms. The third kappa shape index (κ3) is 3.62. The molecule has 1 aliphatic rings. The van der Waals surface area contributed by atoms with Gasteiger partial charge in [0.1, 0.15) is 11.4 Å². The number of rotatable bonds is 4. The van der Waals surface area contributed by atoms with Crippen LogP contribution in [0.15, 0.2) is 36.7 Å². The van der Waals surface area contributed by atoms with Crippen LogP contribution in [0.3, 0.4) is 0 Å². The van der Waals surface area contributed by atoms with E-state index in [1.165, 1.54) is 7.11 Å². The molecule has 0 spiro atoms. The van der Waals surface area contributed by atoms with Gasteiger partial charge < -0.3 is 19.9 Å². The van der Waals surface area contributed by atoms with Crippen molar-refractivity contribution in [3.05, 3.63) is 42.2 Å². The lowest BCUT2D eigenvalue weighted by molar-refractivity contribution is 0.102. The van der Waals surface area contributed by atoms with Gasteiger partial charge in [0, 0.05) is 32.4 Å². The number of ether oxygens (including phenoxy) is 1. The Morgan fingerprint density at radius 3 is 2.62 bits per heavy atom. The highest BCUT2D eigenvalue weighted by Crippen LogP contribution is 2.18. The Labute approximate surface area is 141 Å². The summed E-state index contributed by atoms with van der Waals surface area (Å²) in [6.07, 6.45) is 3.26. The predicted octanol–water partition coefficient (Wildman–Crippen LogP) is 1.49. The van der Waals surface area contributed by atoms with E-state index < -0.39 is 0 Å². The lowest BCUT2D eigenvalue weighted by Crippen LogP contribution is -2.44. The number of carbonyl (C=O) groups excluding carboxylic acids is 1. The second kappa shape index (κ2) is 7.27. The molecule has 126 valence electrons. The highest BCUT2D eigenvalue weighted by atomic mass is 16.5. The van der Waals surface area contributed by atoms with Crippen molar-refractivity contribution < 1.29 is 9.53 Å². The molecule has 1 N–H and O–H groups in total. The number of anilines is 2. The fraction of sp³-hybridized carbons (Fsp3) is 0.353. The monoisotopic (exact) mass is 327 g/mol. The number of pyridine rings is 2. The third-order valence-electron chi connectivity index (χ3n) is 4.04. The Bertz CT molecular complexity index is 696. The topological polar surface area (TPSA) is 70.6 Å². The summed E-state index contributed by atoms with van der Waals surface area (Å²) >= 11 is 0. The van der Waals surface area contributed by atoms with Gasteiger partial charge >= 0.3 is 0 Å². The van der Waals surface area contributed by atoms with Crippen LogP contribution in [0.5, 0.6) is 5.88 Å². The predicted molar refractivity (Wildman–Crippen MR) is 92.7 cm³/mol. The van der Waals surface area contributed by atoms with E-state index >= 15 is 0 Å². The zero-order chi connectivity index (χ0) is 16.9. The van der Waals surface area contributed by atoms with E-state index in [9.17, 15) is 4.79 Å². The molecule has 2 aromatic heterocycles. The van der Waals surface area contributed by atoms with Gasteiger partial charge in [0.25, 0.3) is 5.91 Å². The molecule has 0 saturated carbocycles. The van der Waals surface area contributed by atoms with Gasteiger partial charge in [0.15, 0.2) is 0 Å². The van der Waals surface area contributed by atoms with Crippen LogP contribution in [0.2, 0.25) is 0 Å². The maximum atomic E-state index is 12.3. The highest BCUT2D eigenvalue weighted by Gasteiger charge is 2.16. The summed E-state index contributed by atoms with van der Waals surface area (Å²) < 4.78 is 5.11. The van der Waals surface area contributed by atoms with Crippen LogP contribution in [0.1, 0.15) is 10.4 Å². The van der Waals surface area contributed by atoms with Crippen molar-refractivity contribution in [3.63, 3.8) is 0 Å². The van der Waals surface area contributed by atoms with Crippen molar-refractivity contribution >= 4 is 17.4 Å². The molecule has 3 rings (SSSR count). The average Bonchev–Trinajstić information content (AvgIpc) is 2.63. The van der Waals surface area contributed by atoms with Gasteiger partial charge in [0.2, 0.25) is 5.88 Å². The van der Waals surface area contributed by atoms with Gasteiger partial charge in [-0.2, -0.15) is 0 Å². The zero-order valence-corrected chi connectivity index (χ0v) is 13.9. The molecule has 1 aliphatic heterocycles. The van der Waals surface area contributed by atoms with Gasteiger partial charge in [-0.3, -0.25) is 4.79 Å². The van der Waals surface area contributed by atoms with E-state index in [4.69, 9.17) is 4.74 Å². The maximum Gasteiger partial charge on any atom is 0.261 e. The van der Waals surface area contributed by atoms with Gasteiger partial charge in [-0.05, 0) is 31.3 Å². The second-order valence-electron chi connectivity index (χ2n) is 5.71. The molecule has 0 bridgehead atoms. The number of amides is 1. The van der Waals surface area contributed by atoms with E-state index in [-0.39, 0.29) is 5.91 Å². The Kier molecular flexibility index (Phi) is 4.90. The lowest BCUT2D eigenvalue weighted by atomic mass is 10.2. The molecule has 0 aliphatic carbocycles. The Morgan fingerprint density at radius 2 is 1.96 bits per heavy atom. The fourth-order valence-electron chi connectivity index (χ4n) is 2.61. The molecule has 0 unspecified atom stereocenters. The van der Waals surface area contributed by atoms with Gasteiger partial charge in [0.05, 0.1) is 19.0 Å². The average molecular weight is 327 g/mol. The number of nitrogens with one attached hydrogen (secondary N) is 1. The van der Waals surface area contributed by atoms with Crippen LogP contribution in [-0.4, -0.2) is 61.1 Å². The summed E-state index contributed by atoms with van der Waals surface area (Å²) in [6.45, 7) is 3.98. The fourth-order valence-corrected chi connectivity index (χ4v) is 2.61. The molecule has 7 heteroatoms. The minimum Gasteiger partial charge on any atom is -0.480 e. The minimum absolute atomic E-state index is 0.269. The standard InChI is InChI=1S/C17H21N5O2/c1-21-8-10-22(11-9-21)15-6-5-13(12-19-15)20-16(23)14-4-3-7-18-17(14)24-2/h3-7,12H,8-11H2,1-2H3,(H,20,23). The number of likely N-dealkylation sites (N-methyl/N-ethyl adjacent to an activating group) is 1. The summed E-state index contributed by atoms with van der Waals surface area (Å²) in [4.78, 5) is 25.4. The quantitative estimate of drug-likeness (QED) is 0.917. The van der Waals surface area contributed by atoms with Crippen molar-refractivity contribution in [1.29, 1.82) is 0 Å². The van der Waals surface area contributed by atoms with Crippen LogP contribution in [0.4, 0.5) is 11.5 Å². The summed E-state index contributed by atoms with van der Waals surface area (Å²) in [5, 5.41) is 2.82. The Balaban J connectivity index is 1.67. The first-order chi connectivity index (χ1) is 11.7. The Hall–Kier alpha value is -2.67. The maximum absolute atomic E-state index is 12.3. The number of hydrogen-bond donors (Lipinski definition) is 1. The normalized spacial score (nSPS) is 15.2. The largest absolute Gasteiger partial charge is 0.480 e. The molecule has 1 amide bonds. The molecular weight excluding hydrogens is 306 g/mol. The second-order valence-corrected chi connectivity index (χ2v) is 5.71. The minimum atomic E-state index is -0.269. The van der Waals surface area contributed by atoms with Gasteiger partial charge in [-0.15, -0.1) is 0 Å². The van der Waals surface area contributed by atoms with Gasteiger partial charge in [-0.1, -0.05) is 0 Å². The molecule has 0 aromatic carbocycles.